The Bertz CT molecular complexity index is 424. The quantitative estimate of drug-likeness (QED) is 0.765. The van der Waals surface area contributed by atoms with Gasteiger partial charge in [0.1, 0.15) is 5.75 Å². The highest BCUT2D eigenvalue weighted by atomic mass is 16.5. The Morgan fingerprint density at radius 3 is 2.50 bits per heavy atom. The summed E-state index contributed by atoms with van der Waals surface area (Å²) in [4.78, 5) is 4.37. The summed E-state index contributed by atoms with van der Waals surface area (Å²) in [5.41, 5.74) is 1.73. The van der Waals surface area contributed by atoms with Crippen molar-refractivity contribution in [2.75, 3.05) is 41.3 Å². The Labute approximate surface area is 109 Å². The molecule has 0 spiro atoms. The van der Waals surface area contributed by atoms with Gasteiger partial charge in [-0.3, -0.25) is 0 Å². The number of likely N-dealkylation sites (N-methyl/N-ethyl adjacent to an activating group) is 2. The van der Waals surface area contributed by atoms with E-state index in [4.69, 9.17) is 10.00 Å². The molecule has 0 saturated carbocycles. The van der Waals surface area contributed by atoms with E-state index in [1.807, 2.05) is 12.1 Å². The van der Waals surface area contributed by atoms with Crippen molar-refractivity contribution in [2.45, 2.75) is 6.54 Å². The molecule has 0 bridgehead atoms. The number of methoxy groups -OCH3 is 1. The average Bonchev–Trinajstić information content (AvgIpc) is 2.36. The Kier molecular flexibility index (Phi) is 5.63. The average molecular weight is 247 g/mol. The van der Waals surface area contributed by atoms with Crippen molar-refractivity contribution in [1.82, 2.24) is 9.80 Å². The van der Waals surface area contributed by atoms with E-state index in [1.165, 1.54) is 0 Å². The molecule has 0 aliphatic heterocycles. The van der Waals surface area contributed by atoms with Gasteiger partial charge in [0.2, 0.25) is 0 Å². The topological polar surface area (TPSA) is 39.5 Å². The largest absolute Gasteiger partial charge is 0.496 e. The molecule has 0 radical (unpaired) electrons. The second kappa shape index (κ2) is 7.00. The van der Waals surface area contributed by atoms with Crippen LogP contribution in [0.25, 0.3) is 0 Å². The second-order valence-electron chi connectivity index (χ2n) is 4.68. The SMILES string of the molecule is COc1ccc(C#N)cc1CN(C)CCN(C)C. The number of nitrogens with zero attached hydrogens (tertiary/aromatic N) is 3. The van der Waals surface area contributed by atoms with Crippen molar-refractivity contribution in [2.24, 2.45) is 0 Å². The fourth-order valence-corrected chi connectivity index (χ4v) is 1.71. The Morgan fingerprint density at radius 2 is 1.94 bits per heavy atom. The highest BCUT2D eigenvalue weighted by Crippen LogP contribution is 2.20. The van der Waals surface area contributed by atoms with E-state index < -0.39 is 0 Å². The molecule has 1 aromatic rings. The van der Waals surface area contributed by atoms with Crippen LogP contribution in [-0.2, 0) is 6.54 Å². The van der Waals surface area contributed by atoms with Crippen molar-refractivity contribution in [3.8, 4) is 11.8 Å². The van der Waals surface area contributed by atoms with E-state index in [-0.39, 0.29) is 0 Å². The van der Waals surface area contributed by atoms with Gasteiger partial charge in [-0.1, -0.05) is 0 Å². The maximum absolute atomic E-state index is 8.92. The minimum atomic E-state index is 0.673. The predicted octanol–water partition coefficient (Wildman–Crippen LogP) is 1.56. The number of hydrogen-bond donors (Lipinski definition) is 0. The van der Waals surface area contributed by atoms with Gasteiger partial charge in [-0.05, 0) is 39.3 Å². The standard InChI is InChI=1S/C14H21N3O/c1-16(2)7-8-17(3)11-13-9-12(10-15)5-6-14(13)18-4/h5-6,9H,7-8,11H2,1-4H3. The first kappa shape index (κ1) is 14.5. The molecule has 0 amide bonds. The van der Waals surface area contributed by atoms with Gasteiger partial charge in [0.25, 0.3) is 0 Å². The summed E-state index contributed by atoms with van der Waals surface area (Å²) in [7, 11) is 7.85. The molecular formula is C14H21N3O. The first-order valence-electron chi connectivity index (χ1n) is 5.97. The molecule has 0 heterocycles. The lowest BCUT2D eigenvalue weighted by Gasteiger charge is -2.20. The third-order valence-corrected chi connectivity index (χ3v) is 2.78. The lowest BCUT2D eigenvalue weighted by molar-refractivity contribution is 0.272. The molecule has 0 unspecified atom stereocenters. The van der Waals surface area contributed by atoms with Gasteiger partial charge in [-0.15, -0.1) is 0 Å². The smallest absolute Gasteiger partial charge is 0.123 e. The molecule has 4 heteroatoms. The van der Waals surface area contributed by atoms with E-state index in [9.17, 15) is 0 Å². The van der Waals surface area contributed by atoms with Gasteiger partial charge in [0.15, 0.2) is 0 Å². The summed E-state index contributed by atoms with van der Waals surface area (Å²) in [6, 6.07) is 7.69. The van der Waals surface area contributed by atoms with Crippen LogP contribution in [0.4, 0.5) is 0 Å². The maximum atomic E-state index is 8.92. The number of benzene rings is 1. The van der Waals surface area contributed by atoms with Crippen LogP contribution in [0.15, 0.2) is 18.2 Å². The Morgan fingerprint density at radius 1 is 1.22 bits per heavy atom. The number of rotatable bonds is 6. The molecule has 0 aliphatic carbocycles. The lowest BCUT2D eigenvalue weighted by atomic mass is 10.1. The van der Waals surface area contributed by atoms with Gasteiger partial charge in [-0.2, -0.15) is 5.26 Å². The van der Waals surface area contributed by atoms with Gasteiger partial charge >= 0.3 is 0 Å². The summed E-state index contributed by atoms with van der Waals surface area (Å²) in [6.07, 6.45) is 0. The second-order valence-corrected chi connectivity index (χ2v) is 4.68. The fraction of sp³-hybridized carbons (Fsp3) is 0.500. The molecule has 98 valence electrons. The van der Waals surface area contributed by atoms with Crippen LogP contribution < -0.4 is 4.74 Å². The van der Waals surface area contributed by atoms with Crippen molar-refractivity contribution in [3.63, 3.8) is 0 Å². The van der Waals surface area contributed by atoms with Crippen LogP contribution >= 0.6 is 0 Å². The predicted molar refractivity (Wildman–Crippen MR) is 72.6 cm³/mol. The van der Waals surface area contributed by atoms with E-state index >= 15 is 0 Å². The van der Waals surface area contributed by atoms with Crippen LogP contribution in [0.2, 0.25) is 0 Å². The van der Waals surface area contributed by atoms with E-state index in [1.54, 1.807) is 13.2 Å². The van der Waals surface area contributed by atoms with Crippen molar-refractivity contribution in [3.05, 3.63) is 29.3 Å². The van der Waals surface area contributed by atoms with Crippen LogP contribution in [0, 0.1) is 11.3 Å². The molecular weight excluding hydrogens is 226 g/mol. The number of ether oxygens (including phenoxy) is 1. The third-order valence-electron chi connectivity index (χ3n) is 2.78. The summed E-state index contributed by atoms with van der Waals surface area (Å²) in [5, 5.41) is 8.92. The molecule has 0 N–H and O–H groups in total. The molecule has 0 saturated heterocycles. The summed E-state index contributed by atoms with van der Waals surface area (Å²) in [5.74, 6) is 0.839. The van der Waals surface area contributed by atoms with Crippen molar-refractivity contribution >= 4 is 0 Å². The zero-order valence-corrected chi connectivity index (χ0v) is 11.6. The zero-order valence-electron chi connectivity index (χ0n) is 11.6. The molecule has 1 rings (SSSR count). The third kappa shape index (κ3) is 4.36. The van der Waals surface area contributed by atoms with Gasteiger partial charge < -0.3 is 14.5 Å². The van der Waals surface area contributed by atoms with Gasteiger partial charge in [-0.25, -0.2) is 0 Å². The normalized spacial score (nSPS) is 10.7. The van der Waals surface area contributed by atoms with Crippen LogP contribution in [0.5, 0.6) is 5.75 Å². The zero-order chi connectivity index (χ0) is 13.5. The highest BCUT2D eigenvalue weighted by molar-refractivity contribution is 5.41. The molecule has 18 heavy (non-hydrogen) atoms. The molecule has 0 aliphatic rings. The van der Waals surface area contributed by atoms with Gasteiger partial charge in [0.05, 0.1) is 18.7 Å². The molecule has 4 nitrogen and oxygen atoms in total. The lowest BCUT2D eigenvalue weighted by Crippen LogP contribution is -2.28. The Balaban J connectivity index is 2.73. The molecule has 0 aromatic heterocycles. The van der Waals surface area contributed by atoms with E-state index in [0.29, 0.717) is 5.56 Å². The fourth-order valence-electron chi connectivity index (χ4n) is 1.71. The van der Waals surface area contributed by atoms with Gasteiger partial charge in [0, 0.05) is 25.2 Å². The first-order chi connectivity index (χ1) is 8.56. The highest BCUT2D eigenvalue weighted by Gasteiger charge is 2.07. The Hall–Kier alpha value is -1.57. The summed E-state index contributed by atoms with van der Waals surface area (Å²) in [6.45, 7) is 2.77. The van der Waals surface area contributed by atoms with Crippen LogP contribution in [0.3, 0.4) is 0 Å². The number of hydrogen-bond acceptors (Lipinski definition) is 4. The first-order valence-corrected chi connectivity index (χ1v) is 5.97. The monoisotopic (exact) mass is 247 g/mol. The van der Waals surface area contributed by atoms with Crippen molar-refractivity contribution < 1.29 is 4.74 Å². The summed E-state index contributed by atoms with van der Waals surface area (Å²) < 4.78 is 5.32. The van der Waals surface area contributed by atoms with Crippen LogP contribution in [0.1, 0.15) is 11.1 Å². The molecule has 0 atom stereocenters. The van der Waals surface area contributed by atoms with Crippen molar-refractivity contribution in [1.29, 1.82) is 5.26 Å². The van der Waals surface area contributed by atoms with Crippen LogP contribution in [-0.4, -0.2) is 51.1 Å². The minimum Gasteiger partial charge on any atom is -0.496 e. The molecule has 0 fully saturated rings. The minimum absolute atomic E-state index is 0.673. The maximum Gasteiger partial charge on any atom is 0.123 e. The van der Waals surface area contributed by atoms with E-state index in [0.717, 1.165) is 30.9 Å². The molecule has 1 aromatic carbocycles. The number of nitriles is 1. The summed E-state index contributed by atoms with van der Waals surface area (Å²) >= 11 is 0. The van der Waals surface area contributed by atoms with E-state index in [2.05, 4.69) is 37.0 Å².